The fraction of sp³-hybridized carbons (Fsp3) is 0.364. The van der Waals surface area contributed by atoms with Crippen LogP contribution in [0, 0.1) is 0 Å². The molecule has 0 saturated carbocycles. The number of benzene rings is 2. The van der Waals surface area contributed by atoms with Crippen LogP contribution in [0.25, 0.3) is 6.08 Å². The van der Waals surface area contributed by atoms with Gasteiger partial charge in [0.1, 0.15) is 22.8 Å². The molecule has 0 unspecified atom stereocenters. The Morgan fingerprint density at radius 2 is 1.19 bits per heavy atom. The lowest BCUT2D eigenvalue weighted by molar-refractivity contribution is -0.118. The number of aromatic nitrogens is 2. The molecule has 306 valence electrons. The van der Waals surface area contributed by atoms with Crippen molar-refractivity contribution >= 4 is 52.6 Å². The minimum Gasteiger partial charge on any atom is -0.483 e. The highest BCUT2D eigenvalue weighted by molar-refractivity contribution is 9.10. The minimum atomic E-state index is -0.274. The maximum absolute atomic E-state index is 12.0. The number of ether oxygens (including phenoxy) is 4. The first-order valence-corrected chi connectivity index (χ1v) is 19.7. The Kier molecular flexibility index (Phi) is 13.8. The first-order chi connectivity index (χ1) is 27.3. The molecular weight excluding hydrogens is 803 g/mol. The molecule has 14 heteroatoms. The van der Waals surface area contributed by atoms with Crippen LogP contribution < -0.4 is 29.6 Å². The Morgan fingerprint density at radius 1 is 0.724 bits per heavy atom. The topological polar surface area (TPSA) is 139 Å². The molecule has 3 aliphatic heterocycles. The van der Waals surface area contributed by atoms with Gasteiger partial charge in [0.05, 0.1) is 11.2 Å². The van der Waals surface area contributed by atoms with Crippen molar-refractivity contribution in [3.05, 3.63) is 113 Å². The normalized spacial score (nSPS) is 16.9. The smallest absolute Gasteiger partial charge is 0.483 e. The molecule has 3 aliphatic rings. The molecule has 1 fully saturated rings. The van der Waals surface area contributed by atoms with E-state index in [-0.39, 0.29) is 54.6 Å². The van der Waals surface area contributed by atoms with Gasteiger partial charge in [0.15, 0.2) is 36.2 Å². The summed E-state index contributed by atoms with van der Waals surface area (Å²) in [6.07, 6.45) is 6.61. The monoisotopic (exact) mass is 854 g/mol. The van der Waals surface area contributed by atoms with Gasteiger partial charge in [-0.1, -0.05) is 42.9 Å². The van der Waals surface area contributed by atoms with Crippen molar-refractivity contribution in [1.82, 2.24) is 9.97 Å². The number of carbonyl (C=O) groups is 2. The summed E-state index contributed by atoms with van der Waals surface area (Å²) in [5, 5.41) is 5.38. The van der Waals surface area contributed by atoms with Crippen LogP contribution in [0.4, 0.5) is 11.6 Å². The number of pyridine rings is 2. The van der Waals surface area contributed by atoms with Gasteiger partial charge >= 0.3 is 7.12 Å². The zero-order valence-corrected chi connectivity index (χ0v) is 36.0. The lowest BCUT2D eigenvalue weighted by Crippen LogP contribution is -2.41. The summed E-state index contributed by atoms with van der Waals surface area (Å²) in [5.41, 5.74) is 2.13. The lowest BCUT2D eigenvalue weighted by atomic mass is 9.90. The second kappa shape index (κ2) is 18.2. The summed E-state index contributed by atoms with van der Waals surface area (Å²) < 4.78 is 35.1. The quantitative estimate of drug-likeness (QED) is 0.149. The third-order valence-electron chi connectivity index (χ3n) is 9.58. The molecule has 5 heterocycles. The summed E-state index contributed by atoms with van der Waals surface area (Å²) in [5.74, 6) is 4.73. The first kappa shape index (κ1) is 43.9. The van der Waals surface area contributed by atoms with Gasteiger partial charge in [-0.25, -0.2) is 9.97 Å². The maximum atomic E-state index is 12.0. The molecule has 4 aromatic rings. The largest absolute Gasteiger partial charge is 0.486 e. The third kappa shape index (κ3) is 11.7. The SMILES string of the molecule is C=CB1OC(C)(C)C(C)(C)O1.C=Cc1ccc(NC(=O)COc2cccc3c2OC(C)(C)C3)nc1.CC1(C)Cc2cccc(OCC(=O)Nc3ccc(Br)cn3)c2O1. The van der Waals surface area contributed by atoms with Gasteiger partial charge in [-0.2, -0.15) is 0 Å². The van der Waals surface area contributed by atoms with E-state index in [4.69, 9.17) is 28.3 Å². The predicted octanol–water partition coefficient (Wildman–Crippen LogP) is 8.83. The molecule has 58 heavy (non-hydrogen) atoms. The summed E-state index contributed by atoms with van der Waals surface area (Å²) in [7, 11) is -0.250. The number of halogens is 1. The van der Waals surface area contributed by atoms with Crippen molar-refractivity contribution in [1.29, 1.82) is 0 Å². The molecule has 0 spiro atoms. The van der Waals surface area contributed by atoms with E-state index in [2.05, 4.69) is 49.7 Å². The van der Waals surface area contributed by atoms with E-state index in [1.165, 1.54) is 0 Å². The molecule has 2 amide bonds. The average Bonchev–Trinajstić information content (AvgIpc) is 3.75. The molecule has 2 aromatic carbocycles. The Balaban J connectivity index is 0.000000177. The van der Waals surface area contributed by atoms with Gasteiger partial charge in [-0.3, -0.25) is 9.59 Å². The highest BCUT2D eigenvalue weighted by atomic mass is 79.9. The van der Waals surface area contributed by atoms with Crippen molar-refractivity contribution in [3.8, 4) is 23.0 Å². The molecule has 0 atom stereocenters. The molecular formula is C44H52BBrN4O8. The molecule has 1 saturated heterocycles. The van der Waals surface area contributed by atoms with Crippen LogP contribution in [0.5, 0.6) is 23.0 Å². The minimum absolute atomic E-state index is 0.0992. The number of para-hydroxylation sites is 2. The predicted molar refractivity (Wildman–Crippen MR) is 230 cm³/mol. The zero-order chi connectivity index (χ0) is 42.3. The van der Waals surface area contributed by atoms with Crippen LogP contribution in [0.1, 0.15) is 72.1 Å². The van der Waals surface area contributed by atoms with E-state index in [1.807, 2.05) is 104 Å². The van der Waals surface area contributed by atoms with Crippen LogP contribution >= 0.6 is 15.9 Å². The first-order valence-electron chi connectivity index (χ1n) is 18.9. The van der Waals surface area contributed by atoms with E-state index in [0.29, 0.717) is 23.1 Å². The fourth-order valence-electron chi connectivity index (χ4n) is 6.08. The highest BCUT2D eigenvalue weighted by Crippen LogP contribution is 2.43. The van der Waals surface area contributed by atoms with Crippen molar-refractivity contribution < 1.29 is 37.8 Å². The summed E-state index contributed by atoms with van der Waals surface area (Å²) in [6.45, 7) is 23.3. The Labute approximate surface area is 350 Å². The lowest BCUT2D eigenvalue weighted by Gasteiger charge is -2.32. The van der Waals surface area contributed by atoms with Crippen LogP contribution in [-0.4, -0.2) is 64.5 Å². The molecule has 2 aromatic heterocycles. The second-order valence-corrected chi connectivity index (χ2v) is 17.1. The number of hydrogen-bond donors (Lipinski definition) is 2. The fourth-order valence-corrected chi connectivity index (χ4v) is 6.32. The molecule has 7 rings (SSSR count). The summed E-state index contributed by atoms with van der Waals surface area (Å²) >= 11 is 3.30. The van der Waals surface area contributed by atoms with E-state index < -0.39 is 0 Å². The van der Waals surface area contributed by atoms with Crippen LogP contribution in [0.3, 0.4) is 0 Å². The number of carbonyl (C=O) groups excluding carboxylic acids is 2. The van der Waals surface area contributed by atoms with Gasteiger partial charge < -0.3 is 38.9 Å². The van der Waals surface area contributed by atoms with Gasteiger partial charge in [-0.15, -0.1) is 6.58 Å². The Hall–Kier alpha value is -5.18. The number of rotatable bonds is 10. The number of nitrogens with zero attached hydrogens (tertiary/aromatic N) is 2. The highest BCUT2D eigenvalue weighted by Gasteiger charge is 2.49. The van der Waals surface area contributed by atoms with Gasteiger partial charge in [0, 0.05) is 40.8 Å². The van der Waals surface area contributed by atoms with Crippen molar-refractivity contribution in [3.63, 3.8) is 0 Å². The Morgan fingerprint density at radius 3 is 1.57 bits per heavy atom. The number of fused-ring (bicyclic) bond motifs is 2. The van der Waals surface area contributed by atoms with E-state index in [0.717, 1.165) is 45.5 Å². The van der Waals surface area contributed by atoms with Gasteiger partial charge in [-0.05, 0) is 113 Å². The number of amides is 2. The zero-order valence-electron chi connectivity index (χ0n) is 34.4. The van der Waals surface area contributed by atoms with Crippen molar-refractivity contribution in [2.75, 3.05) is 23.8 Å². The van der Waals surface area contributed by atoms with E-state index in [1.54, 1.807) is 36.6 Å². The van der Waals surface area contributed by atoms with Crippen molar-refractivity contribution in [2.24, 2.45) is 0 Å². The van der Waals surface area contributed by atoms with Crippen LogP contribution in [0.15, 0.2) is 96.7 Å². The van der Waals surface area contributed by atoms with Gasteiger partial charge in [0.25, 0.3) is 11.8 Å². The molecule has 0 radical (unpaired) electrons. The number of nitrogens with one attached hydrogen (secondary N) is 2. The maximum Gasteiger partial charge on any atom is 0.486 e. The number of hydrogen-bond acceptors (Lipinski definition) is 10. The standard InChI is InChI=1S/C19H20N2O3.C17H17BrN2O3.C8H15BO2/c1-4-13-8-9-16(20-11-13)21-17(22)12-23-15-7-5-6-14-10-19(2,3)24-18(14)15;1-17(2)8-11-4-3-5-13(16(11)23-17)22-10-15(21)20-14-7-6-12(18)9-19-14;1-6-9-10-7(2,3)8(4,5)11-9/h4-9,11H,1,10,12H2,2-3H3,(H,20,21,22);3-7,9H,8,10H2,1-2H3,(H,19,20,21);6H,1H2,2-5H3. The van der Waals surface area contributed by atoms with Gasteiger partial charge in [0.2, 0.25) is 0 Å². The Bertz CT molecular complexity index is 2090. The summed E-state index contributed by atoms with van der Waals surface area (Å²) in [6, 6.07) is 18.6. The number of anilines is 2. The summed E-state index contributed by atoms with van der Waals surface area (Å²) in [4.78, 5) is 32.2. The molecule has 2 N–H and O–H groups in total. The second-order valence-electron chi connectivity index (χ2n) is 16.1. The average molecular weight is 856 g/mol. The molecule has 0 bridgehead atoms. The molecule has 12 nitrogen and oxygen atoms in total. The van der Waals surface area contributed by atoms with Crippen molar-refractivity contribution in [2.45, 2.75) is 90.6 Å². The third-order valence-corrected chi connectivity index (χ3v) is 10.0. The van der Waals surface area contributed by atoms with E-state index in [9.17, 15) is 9.59 Å². The van der Waals surface area contributed by atoms with E-state index >= 15 is 0 Å². The van der Waals surface area contributed by atoms with Crippen LogP contribution in [-0.2, 0) is 31.7 Å². The molecule has 0 aliphatic carbocycles. The van der Waals surface area contributed by atoms with Crippen LogP contribution in [0.2, 0.25) is 0 Å².